The first-order valence-corrected chi connectivity index (χ1v) is 8.36. The van der Waals surface area contributed by atoms with Gasteiger partial charge in [0.15, 0.2) is 0 Å². The fourth-order valence-corrected chi connectivity index (χ4v) is 3.76. The third kappa shape index (κ3) is 3.19. The van der Waals surface area contributed by atoms with E-state index in [2.05, 4.69) is 21.2 Å². The van der Waals surface area contributed by atoms with Gasteiger partial charge in [-0.2, -0.15) is 0 Å². The number of halogens is 1. The zero-order chi connectivity index (χ0) is 16.5. The van der Waals surface area contributed by atoms with E-state index in [1.165, 1.54) is 12.1 Å². The van der Waals surface area contributed by atoms with Gasteiger partial charge in [-0.15, -0.1) is 0 Å². The average molecular weight is 390 g/mol. The third-order valence-electron chi connectivity index (χ3n) is 2.85. The van der Waals surface area contributed by atoms with Crippen molar-refractivity contribution in [3.05, 3.63) is 34.4 Å². The maximum absolute atomic E-state index is 12.0. The molecule has 2 rings (SSSR count). The van der Waals surface area contributed by atoms with Crippen LogP contribution >= 0.6 is 15.9 Å². The molecule has 10 heteroatoms. The van der Waals surface area contributed by atoms with Gasteiger partial charge in [0.05, 0.1) is 18.8 Å². The molecule has 0 aromatic heterocycles. The number of rotatable bonds is 5. The molecule has 0 fully saturated rings. The summed E-state index contributed by atoms with van der Waals surface area (Å²) in [5.41, 5.74) is -0.0310. The predicted molar refractivity (Wildman–Crippen MR) is 81.0 cm³/mol. The molecule has 1 heterocycles. The monoisotopic (exact) mass is 389 g/mol. The molecule has 1 aliphatic rings. The Morgan fingerprint density at radius 3 is 2.59 bits per heavy atom. The molecule has 0 radical (unpaired) electrons. The molecular weight excluding hydrogens is 378 g/mol. The number of hydrogen-bond donors (Lipinski definition) is 3. The highest BCUT2D eigenvalue weighted by Crippen LogP contribution is 2.30. The van der Waals surface area contributed by atoms with E-state index in [1.807, 2.05) is 0 Å². The summed E-state index contributed by atoms with van der Waals surface area (Å²) in [4.78, 5) is 24.3. The van der Waals surface area contributed by atoms with Crippen molar-refractivity contribution in [2.75, 3.05) is 18.5 Å². The molecule has 1 aromatic rings. The average Bonchev–Trinajstić information content (AvgIpc) is 2.65. The molecule has 0 saturated carbocycles. The van der Waals surface area contributed by atoms with Crippen LogP contribution in [-0.2, 0) is 19.6 Å². The third-order valence-corrected chi connectivity index (χ3v) is 4.79. The zero-order valence-electron chi connectivity index (χ0n) is 11.1. The highest BCUT2D eigenvalue weighted by atomic mass is 79.9. The number of primary sulfonamides is 1. The minimum absolute atomic E-state index is 0.0649. The van der Waals surface area contributed by atoms with Crippen molar-refractivity contribution in [1.29, 1.82) is 0 Å². The predicted octanol–water partition coefficient (Wildman–Crippen LogP) is -0.247. The summed E-state index contributed by atoms with van der Waals surface area (Å²) in [6, 6.07) is 4.45. The quantitative estimate of drug-likeness (QED) is 0.595. The Hall–Kier alpha value is -1.75. The van der Waals surface area contributed by atoms with Crippen molar-refractivity contribution < 1.29 is 23.1 Å². The summed E-state index contributed by atoms with van der Waals surface area (Å²) in [6.45, 7) is -0.502. The molecule has 0 atom stereocenters. The molecule has 22 heavy (non-hydrogen) atoms. The summed E-state index contributed by atoms with van der Waals surface area (Å²) in [5, 5.41) is 16.6. The van der Waals surface area contributed by atoms with E-state index < -0.39 is 21.8 Å². The fraction of sp³-hybridized carbons (Fsp3) is 0.167. The van der Waals surface area contributed by atoms with E-state index >= 15 is 0 Å². The van der Waals surface area contributed by atoms with Crippen LogP contribution in [0.15, 0.2) is 39.3 Å². The second-order valence-electron chi connectivity index (χ2n) is 4.36. The maximum Gasteiger partial charge on any atom is 0.277 e. The lowest BCUT2D eigenvalue weighted by Gasteiger charge is -2.15. The Balaban J connectivity index is 2.38. The van der Waals surface area contributed by atoms with Gasteiger partial charge in [-0.25, -0.2) is 13.6 Å². The second kappa shape index (κ2) is 6.16. The molecule has 1 aliphatic heterocycles. The van der Waals surface area contributed by atoms with Crippen LogP contribution in [0, 0.1) is 0 Å². The van der Waals surface area contributed by atoms with Gasteiger partial charge in [0, 0.05) is 10.5 Å². The van der Waals surface area contributed by atoms with Crippen molar-refractivity contribution in [3.63, 3.8) is 0 Å². The van der Waals surface area contributed by atoms with Gasteiger partial charge in [-0.05, 0) is 28.1 Å². The number of aliphatic hydroxyl groups excluding tert-OH is 1. The second-order valence-corrected chi connectivity index (χ2v) is 6.72. The van der Waals surface area contributed by atoms with Crippen LogP contribution in [0.25, 0.3) is 0 Å². The summed E-state index contributed by atoms with van der Waals surface area (Å²) >= 11 is 3.08. The van der Waals surface area contributed by atoms with Crippen LogP contribution in [0.4, 0.5) is 5.69 Å². The van der Waals surface area contributed by atoms with Crippen molar-refractivity contribution in [2.24, 2.45) is 5.14 Å². The summed E-state index contributed by atoms with van der Waals surface area (Å²) in [6.07, 6.45) is 1.03. The van der Waals surface area contributed by atoms with Gasteiger partial charge >= 0.3 is 0 Å². The zero-order valence-corrected chi connectivity index (χ0v) is 13.5. The summed E-state index contributed by atoms with van der Waals surface area (Å²) in [5.74, 6) is -1.24. The smallest absolute Gasteiger partial charge is 0.277 e. The Bertz CT molecular complexity index is 775. The molecule has 0 bridgehead atoms. The topological polar surface area (TPSA) is 130 Å². The van der Waals surface area contributed by atoms with Crippen LogP contribution in [-0.4, -0.2) is 43.4 Å². The van der Waals surface area contributed by atoms with Gasteiger partial charge in [-0.1, -0.05) is 6.07 Å². The number of nitrogens with two attached hydrogens (primary N) is 1. The van der Waals surface area contributed by atoms with Crippen molar-refractivity contribution in [2.45, 2.75) is 4.90 Å². The normalized spacial score (nSPS) is 15.2. The Kier molecular flexibility index (Phi) is 4.66. The van der Waals surface area contributed by atoms with E-state index in [1.54, 1.807) is 6.07 Å². The summed E-state index contributed by atoms with van der Waals surface area (Å²) < 4.78 is 23.5. The van der Waals surface area contributed by atoms with Gasteiger partial charge in [0.2, 0.25) is 10.0 Å². The van der Waals surface area contributed by atoms with Crippen LogP contribution in [0.1, 0.15) is 0 Å². The number of anilines is 1. The van der Waals surface area contributed by atoms with E-state index in [-0.39, 0.29) is 33.9 Å². The van der Waals surface area contributed by atoms with Crippen molar-refractivity contribution in [3.8, 4) is 0 Å². The Morgan fingerprint density at radius 1 is 1.32 bits per heavy atom. The highest BCUT2D eigenvalue weighted by molar-refractivity contribution is 9.10. The maximum atomic E-state index is 12.0. The molecular formula is C12H12BrN3O5S. The van der Waals surface area contributed by atoms with Crippen molar-refractivity contribution >= 4 is 43.5 Å². The number of carbonyl (C=O) groups excluding carboxylic acids is 2. The lowest BCUT2D eigenvalue weighted by molar-refractivity contribution is -0.137. The lowest BCUT2D eigenvalue weighted by atomic mass is 10.3. The van der Waals surface area contributed by atoms with Crippen LogP contribution in [0.2, 0.25) is 0 Å². The van der Waals surface area contributed by atoms with E-state index in [0.29, 0.717) is 0 Å². The standard InChI is InChI=1S/C12H12BrN3O5S/c13-7-2-1-3-8(11(7)22(14,20)21)15-9-6-10(18)16(4-5-17)12(9)19/h1-3,6,15,17H,4-5H2,(H2,14,20,21). The molecule has 118 valence electrons. The minimum Gasteiger partial charge on any atom is -0.395 e. The van der Waals surface area contributed by atoms with E-state index in [4.69, 9.17) is 10.2 Å². The number of benzene rings is 1. The van der Waals surface area contributed by atoms with Crippen LogP contribution in [0.3, 0.4) is 0 Å². The first-order valence-electron chi connectivity index (χ1n) is 6.02. The van der Waals surface area contributed by atoms with Crippen LogP contribution in [0.5, 0.6) is 0 Å². The SMILES string of the molecule is NS(=O)(=O)c1c(Br)cccc1NC1=CC(=O)N(CCO)C1=O. The largest absolute Gasteiger partial charge is 0.395 e. The number of aliphatic hydroxyl groups is 1. The number of amides is 2. The molecule has 2 amide bonds. The minimum atomic E-state index is -4.05. The van der Waals surface area contributed by atoms with Gasteiger partial charge in [0.1, 0.15) is 10.6 Å². The molecule has 8 nitrogen and oxygen atoms in total. The van der Waals surface area contributed by atoms with Gasteiger partial charge in [0.25, 0.3) is 11.8 Å². The number of nitrogens with zero attached hydrogens (tertiary/aromatic N) is 1. The van der Waals surface area contributed by atoms with Crippen molar-refractivity contribution in [1.82, 2.24) is 4.90 Å². The van der Waals surface area contributed by atoms with Gasteiger partial charge < -0.3 is 10.4 Å². The van der Waals surface area contributed by atoms with Gasteiger partial charge in [-0.3, -0.25) is 14.5 Å². The molecule has 0 aliphatic carbocycles. The number of sulfonamides is 1. The van der Waals surface area contributed by atoms with E-state index in [0.717, 1.165) is 11.0 Å². The number of nitrogens with one attached hydrogen (secondary N) is 1. The first kappa shape index (κ1) is 16.6. The highest BCUT2D eigenvalue weighted by Gasteiger charge is 2.31. The lowest BCUT2D eigenvalue weighted by Crippen LogP contribution is -2.34. The molecule has 1 aromatic carbocycles. The molecule has 0 saturated heterocycles. The molecule has 4 N–H and O–H groups in total. The Labute approximate surface area is 134 Å². The number of imide groups is 1. The number of β-amino-alcohol motifs (C(OH)–C–C–N with tert-alkyl or cyclic N) is 1. The number of hydrogen-bond acceptors (Lipinski definition) is 6. The number of carbonyl (C=O) groups is 2. The molecule has 0 unspecified atom stereocenters. The first-order chi connectivity index (χ1) is 10.3. The van der Waals surface area contributed by atoms with Crippen LogP contribution < -0.4 is 10.5 Å². The fourth-order valence-electron chi connectivity index (χ4n) is 1.95. The van der Waals surface area contributed by atoms with E-state index in [9.17, 15) is 18.0 Å². The molecule has 0 spiro atoms. The Morgan fingerprint density at radius 2 is 2.00 bits per heavy atom. The summed E-state index contributed by atoms with van der Waals surface area (Å²) in [7, 11) is -4.05.